The monoisotopic (exact) mass is 341 g/mol. The molecule has 4 nitrogen and oxygen atoms in total. The van der Waals surface area contributed by atoms with Gasteiger partial charge in [-0.3, -0.25) is 4.79 Å². The molecule has 0 aromatic heterocycles. The highest BCUT2D eigenvalue weighted by molar-refractivity contribution is 5.94. The van der Waals surface area contributed by atoms with E-state index in [1.54, 1.807) is 0 Å². The second-order valence-electron chi connectivity index (χ2n) is 6.79. The number of nitrogens with one attached hydrogen (secondary N) is 1. The van der Waals surface area contributed by atoms with E-state index in [0.29, 0.717) is 17.2 Å². The molecule has 0 bridgehead atoms. The third kappa shape index (κ3) is 6.59. The Bertz CT molecular complexity index is 680. The maximum atomic E-state index is 12.1. The van der Waals surface area contributed by atoms with Crippen LogP contribution in [-0.4, -0.2) is 30.3 Å². The zero-order valence-electron chi connectivity index (χ0n) is 15.2. The molecule has 1 atom stereocenters. The topological polar surface area (TPSA) is 58.6 Å². The highest BCUT2D eigenvalue weighted by Gasteiger charge is 2.10. The molecule has 1 unspecified atom stereocenters. The number of aliphatic hydroxyl groups excluding tert-OH is 1. The van der Waals surface area contributed by atoms with Crippen molar-refractivity contribution in [3.63, 3.8) is 0 Å². The first-order chi connectivity index (χ1) is 11.9. The summed E-state index contributed by atoms with van der Waals surface area (Å²) in [5, 5.41) is 12.7. The molecule has 0 saturated heterocycles. The summed E-state index contributed by atoms with van der Waals surface area (Å²) < 4.78 is 5.54. The molecule has 0 spiro atoms. The molecule has 1 amide bonds. The predicted molar refractivity (Wildman–Crippen MR) is 100.0 cm³/mol. The van der Waals surface area contributed by atoms with Gasteiger partial charge in [-0.25, -0.2) is 0 Å². The van der Waals surface area contributed by atoms with E-state index >= 15 is 0 Å². The average molecular weight is 341 g/mol. The van der Waals surface area contributed by atoms with Crippen LogP contribution in [0.5, 0.6) is 5.75 Å². The van der Waals surface area contributed by atoms with E-state index in [1.165, 1.54) is 5.56 Å². The van der Waals surface area contributed by atoms with Crippen LogP contribution >= 0.6 is 0 Å². The van der Waals surface area contributed by atoms with Crippen LogP contribution in [0.3, 0.4) is 0 Å². The number of ether oxygens (including phenoxy) is 1. The number of carbonyl (C=O) groups excluding carboxylic acids is 1. The molecule has 0 radical (unpaired) electrons. The molecule has 0 aliphatic rings. The van der Waals surface area contributed by atoms with Gasteiger partial charge in [-0.1, -0.05) is 38.1 Å². The lowest BCUT2D eigenvalue weighted by atomic mass is 10.0. The van der Waals surface area contributed by atoms with Gasteiger partial charge in [-0.2, -0.15) is 0 Å². The Labute approximate surface area is 149 Å². The molecule has 0 aliphatic carbocycles. The van der Waals surface area contributed by atoms with Crippen LogP contribution in [0.1, 0.15) is 35.3 Å². The number of hydrogen-bond acceptors (Lipinski definition) is 3. The molecule has 25 heavy (non-hydrogen) atoms. The van der Waals surface area contributed by atoms with Crippen LogP contribution in [0, 0.1) is 12.8 Å². The van der Waals surface area contributed by atoms with Crippen molar-refractivity contribution in [3.8, 4) is 5.75 Å². The van der Waals surface area contributed by atoms with Crippen molar-refractivity contribution in [2.24, 2.45) is 5.92 Å². The van der Waals surface area contributed by atoms with E-state index in [9.17, 15) is 9.90 Å². The number of benzene rings is 2. The molecule has 0 aliphatic heterocycles. The maximum absolute atomic E-state index is 12.1. The van der Waals surface area contributed by atoms with Crippen molar-refractivity contribution < 1.29 is 14.6 Å². The van der Waals surface area contributed by atoms with Crippen molar-refractivity contribution in [2.45, 2.75) is 33.3 Å². The number of aliphatic hydroxyl groups is 1. The van der Waals surface area contributed by atoms with Crippen molar-refractivity contribution in [2.75, 3.05) is 13.2 Å². The SMILES string of the molecule is Cc1cccc(OCC(O)CNC(=O)c2ccc(CC(C)C)cc2)c1. The zero-order chi connectivity index (χ0) is 18.2. The molecule has 0 fully saturated rings. The van der Waals surface area contributed by atoms with Gasteiger partial charge in [0.25, 0.3) is 5.91 Å². The summed E-state index contributed by atoms with van der Waals surface area (Å²) in [5.74, 6) is 1.11. The van der Waals surface area contributed by atoms with Gasteiger partial charge in [0.15, 0.2) is 0 Å². The zero-order valence-corrected chi connectivity index (χ0v) is 15.2. The number of carbonyl (C=O) groups is 1. The molecule has 2 N–H and O–H groups in total. The van der Waals surface area contributed by atoms with Gasteiger partial charge < -0.3 is 15.2 Å². The molecular formula is C21H27NO3. The largest absolute Gasteiger partial charge is 0.491 e. The Morgan fingerprint density at radius 2 is 1.88 bits per heavy atom. The van der Waals surface area contributed by atoms with Gasteiger partial charge in [0.2, 0.25) is 0 Å². The summed E-state index contributed by atoms with van der Waals surface area (Å²) in [6.07, 6.45) is 0.237. The van der Waals surface area contributed by atoms with Crippen LogP contribution in [0.4, 0.5) is 0 Å². The summed E-state index contributed by atoms with van der Waals surface area (Å²) in [5.41, 5.74) is 2.92. The molecule has 2 aromatic carbocycles. The van der Waals surface area contributed by atoms with E-state index < -0.39 is 6.10 Å². The molecule has 0 saturated carbocycles. The van der Waals surface area contributed by atoms with Gasteiger partial charge in [-0.05, 0) is 54.7 Å². The molecule has 2 aromatic rings. The maximum Gasteiger partial charge on any atom is 0.251 e. The summed E-state index contributed by atoms with van der Waals surface area (Å²) in [7, 11) is 0. The molecule has 134 valence electrons. The Morgan fingerprint density at radius 1 is 1.16 bits per heavy atom. The fraction of sp³-hybridized carbons (Fsp3) is 0.381. The summed E-state index contributed by atoms with van der Waals surface area (Å²) >= 11 is 0. The number of aryl methyl sites for hydroxylation is 1. The van der Waals surface area contributed by atoms with Gasteiger partial charge in [0, 0.05) is 12.1 Å². The van der Waals surface area contributed by atoms with E-state index in [-0.39, 0.29) is 19.1 Å². The minimum absolute atomic E-state index is 0.136. The highest BCUT2D eigenvalue weighted by atomic mass is 16.5. The predicted octanol–water partition coefficient (Wildman–Crippen LogP) is 3.36. The Hall–Kier alpha value is -2.33. The van der Waals surface area contributed by atoms with Gasteiger partial charge in [0.05, 0.1) is 0 Å². The molecular weight excluding hydrogens is 314 g/mol. The average Bonchev–Trinajstić information content (AvgIpc) is 2.58. The first-order valence-electron chi connectivity index (χ1n) is 8.68. The normalized spacial score (nSPS) is 12.0. The first kappa shape index (κ1) is 19.0. The lowest BCUT2D eigenvalue weighted by molar-refractivity contribution is 0.0843. The highest BCUT2D eigenvalue weighted by Crippen LogP contribution is 2.12. The Morgan fingerprint density at radius 3 is 2.52 bits per heavy atom. The van der Waals surface area contributed by atoms with Crippen molar-refractivity contribution in [3.05, 3.63) is 65.2 Å². The Balaban J connectivity index is 1.76. The summed E-state index contributed by atoms with van der Waals surface area (Å²) in [6.45, 7) is 6.60. The van der Waals surface area contributed by atoms with Gasteiger partial charge >= 0.3 is 0 Å². The number of rotatable bonds is 8. The second kappa shape index (κ2) is 9.23. The molecule has 2 rings (SSSR count). The van der Waals surface area contributed by atoms with E-state index in [1.807, 2.05) is 55.5 Å². The fourth-order valence-electron chi connectivity index (χ4n) is 2.53. The standard InChI is InChI=1S/C21H27NO3/c1-15(2)11-17-7-9-18(10-8-17)21(24)22-13-19(23)14-25-20-6-4-5-16(3)12-20/h4-10,12,15,19,23H,11,13-14H2,1-3H3,(H,22,24). The van der Waals surface area contributed by atoms with E-state index in [2.05, 4.69) is 19.2 Å². The minimum Gasteiger partial charge on any atom is -0.491 e. The molecule has 4 heteroatoms. The van der Waals surface area contributed by atoms with Gasteiger partial charge in [0.1, 0.15) is 18.5 Å². The first-order valence-corrected chi connectivity index (χ1v) is 8.68. The van der Waals surface area contributed by atoms with Crippen LogP contribution in [0.2, 0.25) is 0 Å². The third-order valence-electron chi connectivity index (χ3n) is 3.79. The summed E-state index contributed by atoms with van der Waals surface area (Å²) in [6, 6.07) is 15.2. The number of hydrogen-bond donors (Lipinski definition) is 2. The number of amides is 1. The van der Waals surface area contributed by atoms with Crippen LogP contribution in [-0.2, 0) is 6.42 Å². The van der Waals surface area contributed by atoms with Gasteiger partial charge in [-0.15, -0.1) is 0 Å². The smallest absolute Gasteiger partial charge is 0.251 e. The van der Waals surface area contributed by atoms with Crippen LogP contribution in [0.15, 0.2) is 48.5 Å². The van der Waals surface area contributed by atoms with Crippen LogP contribution < -0.4 is 10.1 Å². The lowest BCUT2D eigenvalue weighted by Crippen LogP contribution is -2.35. The van der Waals surface area contributed by atoms with Crippen molar-refractivity contribution >= 4 is 5.91 Å². The van der Waals surface area contributed by atoms with Crippen molar-refractivity contribution in [1.29, 1.82) is 0 Å². The lowest BCUT2D eigenvalue weighted by Gasteiger charge is -2.14. The van der Waals surface area contributed by atoms with Crippen molar-refractivity contribution in [1.82, 2.24) is 5.32 Å². The second-order valence-corrected chi connectivity index (χ2v) is 6.79. The minimum atomic E-state index is -0.760. The van der Waals surface area contributed by atoms with E-state index in [4.69, 9.17) is 4.74 Å². The Kier molecular flexibility index (Phi) is 7.02. The third-order valence-corrected chi connectivity index (χ3v) is 3.79. The van der Waals surface area contributed by atoms with Crippen LogP contribution in [0.25, 0.3) is 0 Å². The fourth-order valence-corrected chi connectivity index (χ4v) is 2.53. The molecule has 0 heterocycles. The summed E-state index contributed by atoms with van der Waals surface area (Å²) in [4.78, 5) is 12.1. The van der Waals surface area contributed by atoms with E-state index in [0.717, 1.165) is 12.0 Å². The quantitative estimate of drug-likeness (QED) is 0.774.